The Balaban J connectivity index is 1.31. The third-order valence-electron chi connectivity index (χ3n) is 5.23. The molecule has 3 nitrogen and oxygen atoms in total. The van der Waals surface area contributed by atoms with Crippen LogP contribution in [0.1, 0.15) is 31.2 Å². The van der Waals surface area contributed by atoms with Gasteiger partial charge in [-0.2, -0.15) is 0 Å². The third-order valence-corrected chi connectivity index (χ3v) is 5.23. The van der Waals surface area contributed by atoms with Crippen molar-refractivity contribution in [2.75, 3.05) is 19.8 Å². The highest BCUT2D eigenvalue weighted by Crippen LogP contribution is 2.47. The van der Waals surface area contributed by atoms with Crippen LogP contribution in [0.5, 0.6) is 11.5 Å². The number of hydrogen-bond acceptors (Lipinski definition) is 3. The van der Waals surface area contributed by atoms with E-state index in [9.17, 15) is 0 Å². The van der Waals surface area contributed by atoms with Gasteiger partial charge in [0.2, 0.25) is 0 Å². The summed E-state index contributed by atoms with van der Waals surface area (Å²) in [5.41, 5.74) is 1.29. The minimum absolute atomic E-state index is 0.662. The SMILES string of the molecule is c1cc2c(cc1CNCC1CC3CCC1C3)OCCO2. The standard InChI is InChI=1S/C17H23NO2/c1-3-14-7-12(1)8-15(14)11-18-10-13-2-4-16-17(9-13)20-6-5-19-16/h2,4,9,12,14-15,18H,1,3,5-8,10-11H2. The lowest BCUT2D eigenvalue weighted by Crippen LogP contribution is -2.26. The van der Waals surface area contributed by atoms with E-state index in [1.54, 1.807) is 0 Å². The van der Waals surface area contributed by atoms with Crippen molar-refractivity contribution in [1.82, 2.24) is 5.32 Å². The molecule has 2 saturated carbocycles. The molecule has 4 rings (SSSR count). The molecule has 3 aliphatic rings. The number of benzene rings is 1. The minimum atomic E-state index is 0.662. The molecule has 0 saturated heterocycles. The Kier molecular flexibility index (Phi) is 3.31. The van der Waals surface area contributed by atoms with Crippen LogP contribution < -0.4 is 14.8 Å². The van der Waals surface area contributed by atoms with E-state index in [4.69, 9.17) is 9.47 Å². The van der Waals surface area contributed by atoms with Gasteiger partial charge in [0.15, 0.2) is 11.5 Å². The van der Waals surface area contributed by atoms with E-state index in [0.717, 1.165) is 35.8 Å². The van der Waals surface area contributed by atoms with E-state index in [1.807, 2.05) is 6.07 Å². The van der Waals surface area contributed by atoms with Gasteiger partial charge >= 0.3 is 0 Å². The fraction of sp³-hybridized carbons (Fsp3) is 0.647. The first-order valence-corrected chi connectivity index (χ1v) is 7.98. The fourth-order valence-corrected chi connectivity index (χ4v) is 4.23. The maximum Gasteiger partial charge on any atom is 0.161 e. The van der Waals surface area contributed by atoms with Crippen LogP contribution in [0.15, 0.2) is 18.2 Å². The highest BCUT2D eigenvalue weighted by Gasteiger charge is 2.38. The molecule has 1 aromatic carbocycles. The Hall–Kier alpha value is -1.22. The molecular formula is C17H23NO2. The highest BCUT2D eigenvalue weighted by atomic mass is 16.6. The van der Waals surface area contributed by atoms with Crippen LogP contribution in [0.2, 0.25) is 0 Å². The van der Waals surface area contributed by atoms with Gasteiger partial charge in [0.1, 0.15) is 13.2 Å². The first kappa shape index (κ1) is 12.5. The van der Waals surface area contributed by atoms with Crippen LogP contribution in [0.3, 0.4) is 0 Å². The Labute approximate surface area is 120 Å². The molecule has 3 unspecified atom stereocenters. The van der Waals surface area contributed by atoms with Gasteiger partial charge in [-0.05, 0) is 61.3 Å². The van der Waals surface area contributed by atoms with Gasteiger partial charge in [-0.25, -0.2) is 0 Å². The molecule has 108 valence electrons. The summed E-state index contributed by atoms with van der Waals surface area (Å²) in [6.07, 6.45) is 5.92. The number of nitrogens with one attached hydrogen (secondary N) is 1. The molecule has 1 aromatic rings. The predicted molar refractivity (Wildman–Crippen MR) is 78.1 cm³/mol. The van der Waals surface area contributed by atoms with Gasteiger partial charge in [-0.1, -0.05) is 12.5 Å². The number of hydrogen-bond donors (Lipinski definition) is 1. The Morgan fingerprint density at radius 1 is 1.05 bits per heavy atom. The zero-order valence-corrected chi connectivity index (χ0v) is 11.9. The Morgan fingerprint density at radius 2 is 1.95 bits per heavy atom. The maximum absolute atomic E-state index is 5.63. The highest BCUT2D eigenvalue weighted by molar-refractivity contribution is 5.43. The second kappa shape index (κ2) is 5.28. The van der Waals surface area contributed by atoms with Crippen LogP contribution >= 0.6 is 0 Å². The quantitative estimate of drug-likeness (QED) is 0.915. The normalized spacial score (nSPS) is 30.7. The average Bonchev–Trinajstić information content (AvgIpc) is 3.10. The Bertz CT molecular complexity index is 488. The first-order chi connectivity index (χ1) is 9.88. The number of ether oxygens (including phenoxy) is 2. The largest absolute Gasteiger partial charge is 0.486 e. The summed E-state index contributed by atoms with van der Waals surface area (Å²) >= 11 is 0. The van der Waals surface area contributed by atoms with Crippen LogP contribution in [0.25, 0.3) is 0 Å². The van der Waals surface area contributed by atoms with E-state index < -0.39 is 0 Å². The fourth-order valence-electron chi connectivity index (χ4n) is 4.23. The van der Waals surface area contributed by atoms with Gasteiger partial charge < -0.3 is 14.8 Å². The molecule has 0 radical (unpaired) electrons. The van der Waals surface area contributed by atoms with E-state index in [1.165, 1.54) is 37.8 Å². The van der Waals surface area contributed by atoms with Crippen molar-refractivity contribution in [3.05, 3.63) is 23.8 Å². The summed E-state index contributed by atoms with van der Waals surface area (Å²) in [6, 6.07) is 6.28. The van der Waals surface area contributed by atoms with Gasteiger partial charge in [0.25, 0.3) is 0 Å². The van der Waals surface area contributed by atoms with Gasteiger partial charge in [0.05, 0.1) is 0 Å². The summed E-state index contributed by atoms with van der Waals surface area (Å²) in [7, 11) is 0. The molecule has 1 N–H and O–H groups in total. The molecule has 0 amide bonds. The summed E-state index contributed by atoms with van der Waals surface area (Å²) in [5, 5.41) is 3.64. The van der Waals surface area contributed by atoms with E-state index in [-0.39, 0.29) is 0 Å². The van der Waals surface area contributed by atoms with Crippen molar-refractivity contribution in [1.29, 1.82) is 0 Å². The van der Waals surface area contributed by atoms with Crippen LogP contribution in [-0.4, -0.2) is 19.8 Å². The molecule has 0 spiro atoms. The smallest absolute Gasteiger partial charge is 0.161 e. The van der Waals surface area contributed by atoms with E-state index >= 15 is 0 Å². The third kappa shape index (κ3) is 2.39. The molecule has 1 heterocycles. The molecular weight excluding hydrogens is 250 g/mol. The molecule has 2 fully saturated rings. The summed E-state index contributed by atoms with van der Waals surface area (Å²) in [6.45, 7) is 3.43. The van der Waals surface area contributed by atoms with Crippen molar-refractivity contribution in [3.8, 4) is 11.5 Å². The van der Waals surface area contributed by atoms with Crippen molar-refractivity contribution in [2.24, 2.45) is 17.8 Å². The molecule has 1 aliphatic heterocycles. The second-order valence-corrected chi connectivity index (χ2v) is 6.54. The van der Waals surface area contributed by atoms with Gasteiger partial charge in [-0.3, -0.25) is 0 Å². The van der Waals surface area contributed by atoms with Crippen molar-refractivity contribution >= 4 is 0 Å². The van der Waals surface area contributed by atoms with Crippen LogP contribution in [0.4, 0.5) is 0 Å². The first-order valence-electron chi connectivity index (χ1n) is 7.98. The second-order valence-electron chi connectivity index (χ2n) is 6.54. The zero-order chi connectivity index (χ0) is 13.4. The monoisotopic (exact) mass is 273 g/mol. The average molecular weight is 273 g/mol. The van der Waals surface area contributed by atoms with Crippen molar-refractivity contribution in [3.63, 3.8) is 0 Å². The van der Waals surface area contributed by atoms with Crippen LogP contribution in [0, 0.1) is 17.8 Å². The molecule has 20 heavy (non-hydrogen) atoms. The Morgan fingerprint density at radius 3 is 2.75 bits per heavy atom. The zero-order valence-electron chi connectivity index (χ0n) is 11.9. The van der Waals surface area contributed by atoms with E-state index in [0.29, 0.717) is 13.2 Å². The molecule has 2 aliphatic carbocycles. The topological polar surface area (TPSA) is 30.5 Å². The maximum atomic E-state index is 5.63. The van der Waals surface area contributed by atoms with E-state index in [2.05, 4.69) is 17.4 Å². The number of fused-ring (bicyclic) bond motifs is 3. The van der Waals surface area contributed by atoms with Crippen molar-refractivity contribution in [2.45, 2.75) is 32.2 Å². The molecule has 3 heteroatoms. The van der Waals surface area contributed by atoms with Crippen LogP contribution in [-0.2, 0) is 6.54 Å². The lowest BCUT2D eigenvalue weighted by molar-refractivity contribution is 0.171. The summed E-state index contributed by atoms with van der Waals surface area (Å²) in [5.74, 6) is 4.75. The lowest BCUT2D eigenvalue weighted by Gasteiger charge is -2.22. The van der Waals surface area contributed by atoms with Gasteiger partial charge in [0, 0.05) is 6.54 Å². The summed E-state index contributed by atoms with van der Waals surface area (Å²) < 4.78 is 11.2. The summed E-state index contributed by atoms with van der Waals surface area (Å²) in [4.78, 5) is 0. The molecule has 3 atom stereocenters. The molecule has 0 aromatic heterocycles. The van der Waals surface area contributed by atoms with Crippen molar-refractivity contribution < 1.29 is 9.47 Å². The lowest BCUT2D eigenvalue weighted by atomic mass is 9.89. The van der Waals surface area contributed by atoms with Gasteiger partial charge in [-0.15, -0.1) is 0 Å². The predicted octanol–water partition coefficient (Wildman–Crippen LogP) is 2.98. The number of rotatable bonds is 4. The molecule has 2 bridgehead atoms. The minimum Gasteiger partial charge on any atom is -0.486 e.